The quantitative estimate of drug-likeness (QED) is 0.321. The van der Waals surface area contributed by atoms with Crippen LogP contribution in [-0.4, -0.2) is 45.2 Å². The first kappa shape index (κ1) is 22.6. The van der Waals surface area contributed by atoms with E-state index in [-0.39, 0.29) is 25.1 Å². The molecule has 12 nitrogen and oxygen atoms in total. The Hall–Kier alpha value is -3.44. The SMILES string of the molecule is CC(C)(C)OC(=O)NC(CCCNc1ccc([N+](=O)[O-])cc1[N+](=O)[O-])C(=O)O. The number of nitrogens with zero attached hydrogens (tertiary/aromatic N) is 2. The summed E-state index contributed by atoms with van der Waals surface area (Å²) in [5.41, 5.74) is -1.58. The summed E-state index contributed by atoms with van der Waals surface area (Å²) in [6.45, 7) is 5.08. The van der Waals surface area contributed by atoms with Crippen molar-refractivity contribution in [2.45, 2.75) is 45.3 Å². The Bertz CT molecular complexity index is 760. The molecule has 0 saturated heterocycles. The highest BCUT2D eigenvalue weighted by molar-refractivity contribution is 5.80. The summed E-state index contributed by atoms with van der Waals surface area (Å²) in [5, 5.41) is 36.0. The fraction of sp³-hybridized carbons (Fsp3) is 0.500. The fourth-order valence-electron chi connectivity index (χ4n) is 2.17. The van der Waals surface area contributed by atoms with E-state index in [0.29, 0.717) is 0 Å². The lowest BCUT2D eigenvalue weighted by Gasteiger charge is -2.22. The lowest BCUT2D eigenvalue weighted by molar-refractivity contribution is -0.393. The molecule has 1 amide bonds. The minimum absolute atomic E-state index is 0.0440. The summed E-state index contributed by atoms with van der Waals surface area (Å²) in [6.07, 6.45) is -0.567. The number of ether oxygens (including phenoxy) is 1. The van der Waals surface area contributed by atoms with Gasteiger partial charge in [-0.05, 0) is 39.7 Å². The van der Waals surface area contributed by atoms with Crippen LogP contribution in [0.3, 0.4) is 0 Å². The third kappa shape index (κ3) is 7.43. The zero-order chi connectivity index (χ0) is 21.5. The molecule has 154 valence electrons. The van der Waals surface area contributed by atoms with Crippen molar-refractivity contribution in [3.8, 4) is 0 Å². The first-order valence-corrected chi connectivity index (χ1v) is 8.29. The third-order valence-corrected chi connectivity index (χ3v) is 3.36. The zero-order valence-electron chi connectivity index (χ0n) is 15.6. The number of benzene rings is 1. The van der Waals surface area contributed by atoms with E-state index in [4.69, 9.17) is 4.74 Å². The Labute approximate surface area is 160 Å². The molecule has 12 heteroatoms. The second-order valence-electron chi connectivity index (χ2n) is 6.82. The summed E-state index contributed by atoms with van der Waals surface area (Å²) in [5.74, 6) is -1.24. The monoisotopic (exact) mass is 398 g/mol. The van der Waals surface area contributed by atoms with Crippen molar-refractivity contribution in [3.63, 3.8) is 0 Å². The second kappa shape index (κ2) is 9.48. The van der Waals surface area contributed by atoms with E-state index in [0.717, 1.165) is 12.1 Å². The molecule has 0 aliphatic heterocycles. The van der Waals surface area contributed by atoms with Gasteiger partial charge in [-0.3, -0.25) is 20.2 Å². The Morgan fingerprint density at radius 1 is 1.21 bits per heavy atom. The van der Waals surface area contributed by atoms with Crippen LogP contribution in [0.5, 0.6) is 0 Å². The van der Waals surface area contributed by atoms with Gasteiger partial charge in [-0.25, -0.2) is 9.59 Å². The Balaban J connectivity index is 2.64. The van der Waals surface area contributed by atoms with Crippen molar-refractivity contribution in [1.82, 2.24) is 5.32 Å². The van der Waals surface area contributed by atoms with Gasteiger partial charge in [0.05, 0.1) is 15.9 Å². The predicted molar refractivity (Wildman–Crippen MR) is 98.3 cm³/mol. The van der Waals surface area contributed by atoms with Gasteiger partial charge in [0.1, 0.15) is 17.3 Å². The van der Waals surface area contributed by atoms with Gasteiger partial charge in [0.25, 0.3) is 11.4 Å². The molecule has 0 bridgehead atoms. The summed E-state index contributed by atoms with van der Waals surface area (Å²) >= 11 is 0. The molecule has 0 fully saturated rings. The normalized spacial score (nSPS) is 12.0. The first-order valence-electron chi connectivity index (χ1n) is 8.29. The number of nitro benzene ring substituents is 2. The number of hydrogen-bond donors (Lipinski definition) is 3. The maximum atomic E-state index is 11.7. The molecule has 1 aromatic rings. The number of alkyl carbamates (subject to hydrolysis) is 1. The number of aliphatic carboxylic acids is 1. The van der Waals surface area contributed by atoms with E-state index in [9.17, 15) is 34.9 Å². The Morgan fingerprint density at radius 2 is 1.86 bits per heavy atom. The third-order valence-electron chi connectivity index (χ3n) is 3.36. The van der Waals surface area contributed by atoms with Crippen LogP contribution in [0.2, 0.25) is 0 Å². The number of anilines is 1. The molecule has 0 heterocycles. The van der Waals surface area contributed by atoms with Gasteiger partial charge < -0.3 is 20.5 Å². The highest BCUT2D eigenvalue weighted by Gasteiger charge is 2.24. The number of nitro groups is 2. The van der Waals surface area contributed by atoms with Gasteiger partial charge in [-0.1, -0.05) is 0 Å². The standard InChI is InChI=1S/C16H22N4O8/c1-16(2,3)28-15(23)18-12(14(21)22)5-4-8-17-11-7-6-10(19(24)25)9-13(11)20(26)27/h6-7,9,12,17H,4-5,8H2,1-3H3,(H,18,23)(H,21,22). The van der Waals surface area contributed by atoms with Gasteiger partial charge in [0.15, 0.2) is 0 Å². The van der Waals surface area contributed by atoms with E-state index in [1.165, 1.54) is 6.07 Å². The van der Waals surface area contributed by atoms with Crippen LogP contribution in [0, 0.1) is 20.2 Å². The Morgan fingerprint density at radius 3 is 2.36 bits per heavy atom. The number of carboxylic acid groups (broad SMARTS) is 1. The van der Waals surface area contributed by atoms with Crippen molar-refractivity contribution in [2.24, 2.45) is 0 Å². The molecule has 0 radical (unpaired) electrons. The molecule has 1 aromatic carbocycles. The molecule has 0 spiro atoms. The van der Waals surface area contributed by atoms with Crippen LogP contribution < -0.4 is 10.6 Å². The summed E-state index contributed by atoms with van der Waals surface area (Å²) < 4.78 is 5.01. The lowest BCUT2D eigenvalue weighted by atomic mass is 10.1. The van der Waals surface area contributed by atoms with Gasteiger partial charge in [0, 0.05) is 12.6 Å². The molecule has 0 aromatic heterocycles. The maximum Gasteiger partial charge on any atom is 0.408 e. The first-order chi connectivity index (χ1) is 12.9. The number of hydrogen-bond acceptors (Lipinski definition) is 8. The number of non-ortho nitro benzene ring substituents is 1. The number of nitrogens with one attached hydrogen (secondary N) is 2. The molecule has 1 unspecified atom stereocenters. The molecular formula is C16H22N4O8. The average Bonchev–Trinajstić information content (AvgIpc) is 2.55. The van der Waals surface area contributed by atoms with E-state index in [2.05, 4.69) is 10.6 Å². The minimum atomic E-state index is -1.24. The maximum absolute atomic E-state index is 11.7. The van der Waals surface area contributed by atoms with Crippen molar-refractivity contribution in [1.29, 1.82) is 0 Å². The number of carbonyl (C=O) groups is 2. The minimum Gasteiger partial charge on any atom is -0.480 e. The highest BCUT2D eigenvalue weighted by Crippen LogP contribution is 2.28. The molecule has 1 atom stereocenters. The highest BCUT2D eigenvalue weighted by atomic mass is 16.6. The molecule has 28 heavy (non-hydrogen) atoms. The molecule has 0 saturated carbocycles. The smallest absolute Gasteiger partial charge is 0.408 e. The number of carbonyl (C=O) groups excluding carboxylic acids is 1. The van der Waals surface area contributed by atoms with Crippen molar-refractivity contribution < 1.29 is 29.3 Å². The van der Waals surface area contributed by atoms with Crippen LogP contribution in [0.15, 0.2) is 18.2 Å². The number of carboxylic acids is 1. The van der Waals surface area contributed by atoms with Crippen molar-refractivity contribution in [3.05, 3.63) is 38.4 Å². The topological polar surface area (TPSA) is 174 Å². The van der Waals surface area contributed by atoms with Gasteiger partial charge in [-0.15, -0.1) is 0 Å². The largest absolute Gasteiger partial charge is 0.480 e. The lowest BCUT2D eigenvalue weighted by Crippen LogP contribution is -2.43. The number of amides is 1. The van der Waals surface area contributed by atoms with E-state index >= 15 is 0 Å². The van der Waals surface area contributed by atoms with Crippen LogP contribution in [0.4, 0.5) is 21.9 Å². The fourth-order valence-corrected chi connectivity index (χ4v) is 2.17. The second-order valence-corrected chi connectivity index (χ2v) is 6.82. The van der Waals surface area contributed by atoms with Crippen LogP contribution in [0.1, 0.15) is 33.6 Å². The van der Waals surface area contributed by atoms with Crippen molar-refractivity contribution >= 4 is 29.1 Å². The molecular weight excluding hydrogens is 376 g/mol. The predicted octanol–water partition coefficient (Wildman–Crippen LogP) is 2.67. The number of rotatable bonds is 9. The van der Waals surface area contributed by atoms with E-state index in [1.54, 1.807) is 20.8 Å². The van der Waals surface area contributed by atoms with Gasteiger partial charge in [-0.2, -0.15) is 0 Å². The molecule has 0 aliphatic carbocycles. The average molecular weight is 398 g/mol. The summed E-state index contributed by atoms with van der Waals surface area (Å²) in [6, 6.07) is 1.99. The van der Waals surface area contributed by atoms with Crippen molar-refractivity contribution in [2.75, 3.05) is 11.9 Å². The summed E-state index contributed by atoms with van der Waals surface area (Å²) in [4.78, 5) is 43.3. The van der Waals surface area contributed by atoms with Gasteiger partial charge in [0.2, 0.25) is 0 Å². The molecule has 3 N–H and O–H groups in total. The van der Waals surface area contributed by atoms with E-state index in [1.807, 2.05) is 0 Å². The van der Waals surface area contributed by atoms with Gasteiger partial charge >= 0.3 is 12.1 Å². The van der Waals surface area contributed by atoms with Crippen LogP contribution in [0.25, 0.3) is 0 Å². The van der Waals surface area contributed by atoms with Crippen LogP contribution >= 0.6 is 0 Å². The zero-order valence-corrected chi connectivity index (χ0v) is 15.6. The van der Waals surface area contributed by atoms with E-state index < -0.39 is 44.9 Å². The van der Waals surface area contributed by atoms with Crippen LogP contribution in [-0.2, 0) is 9.53 Å². The summed E-state index contributed by atoms with van der Waals surface area (Å²) in [7, 11) is 0. The molecule has 1 rings (SSSR count). The molecule has 0 aliphatic rings. The Kier molecular flexibility index (Phi) is 7.65.